The minimum absolute atomic E-state index is 0.278. The van der Waals surface area contributed by atoms with Gasteiger partial charge in [-0.2, -0.15) is 0 Å². The molecule has 2 aromatic rings. The Labute approximate surface area is 159 Å². The number of rotatable bonds is 5. The van der Waals surface area contributed by atoms with Crippen molar-refractivity contribution in [1.29, 1.82) is 0 Å². The molecular weight excluding hydrogens is 343 g/mol. The van der Waals surface area contributed by atoms with Crippen molar-refractivity contribution >= 4 is 12.0 Å². The fraction of sp³-hybridized carbons (Fsp3) is 0.261. The highest BCUT2D eigenvalue weighted by atomic mass is 19.1. The molecular formula is C23H23FO3. The highest BCUT2D eigenvalue weighted by Gasteiger charge is 2.47. The molecule has 27 heavy (non-hydrogen) atoms. The third kappa shape index (κ3) is 3.95. The lowest BCUT2D eigenvalue weighted by Gasteiger charge is -2.29. The lowest BCUT2D eigenvalue weighted by molar-refractivity contribution is -0.138. The molecule has 0 aromatic heterocycles. The maximum atomic E-state index is 13.1. The maximum absolute atomic E-state index is 13.1. The van der Waals surface area contributed by atoms with Gasteiger partial charge in [-0.3, -0.25) is 0 Å². The molecule has 3 nitrogen and oxygen atoms in total. The van der Waals surface area contributed by atoms with Crippen molar-refractivity contribution < 1.29 is 18.7 Å². The standard InChI is InChI=1S/C23H23FO3/c1-4-26-22(25)20-16(2)27-23(3,21(20)18-8-6-5-7-9-18)15-14-17-10-12-19(24)13-11-17/h5-15,21H,4H2,1-3H3/b15-14+/t21-,23+/m1/s1. The SMILES string of the molecule is CCOC(=O)C1=C(C)O[C@@](C)(/C=C/c2ccc(F)cc2)[C@@H]1c1ccccc1. The Hall–Kier alpha value is -2.88. The molecule has 0 amide bonds. The fourth-order valence-electron chi connectivity index (χ4n) is 3.51. The van der Waals surface area contributed by atoms with Gasteiger partial charge in [-0.05, 0) is 50.1 Å². The quantitative estimate of drug-likeness (QED) is 0.678. The third-order valence-corrected chi connectivity index (χ3v) is 4.72. The van der Waals surface area contributed by atoms with Gasteiger partial charge in [0.15, 0.2) is 0 Å². The molecule has 0 aliphatic carbocycles. The Morgan fingerprint density at radius 3 is 2.48 bits per heavy atom. The van der Waals surface area contributed by atoms with Gasteiger partial charge < -0.3 is 9.47 Å². The molecule has 2 aromatic carbocycles. The van der Waals surface area contributed by atoms with Crippen molar-refractivity contribution in [3.63, 3.8) is 0 Å². The van der Waals surface area contributed by atoms with E-state index < -0.39 is 5.60 Å². The zero-order valence-electron chi connectivity index (χ0n) is 15.7. The fourth-order valence-corrected chi connectivity index (χ4v) is 3.51. The minimum atomic E-state index is -0.762. The maximum Gasteiger partial charge on any atom is 0.338 e. The Kier molecular flexibility index (Phi) is 5.45. The average molecular weight is 366 g/mol. The van der Waals surface area contributed by atoms with Gasteiger partial charge in [0.25, 0.3) is 0 Å². The molecule has 3 rings (SSSR count). The molecule has 1 aliphatic heterocycles. The van der Waals surface area contributed by atoms with Gasteiger partial charge in [-0.25, -0.2) is 9.18 Å². The number of carbonyl (C=O) groups excluding carboxylic acids is 1. The van der Waals surface area contributed by atoms with Crippen LogP contribution in [0.2, 0.25) is 0 Å². The first-order valence-electron chi connectivity index (χ1n) is 9.01. The Morgan fingerprint density at radius 2 is 1.85 bits per heavy atom. The molecule has 0 saturated carbocycles. The normalized spacial score (nSPS) is 22.1. The summed E-state index contributed by atoms with van der Waals surface area (Å²) in [5.74, 6) is -0.370. The Bertz CT molecular complexity index is 868. The molecule has 0 fully saturated rings. The lowest BCUT2D eigenvalue weighted by atomic mass is 9.79. The van der Waals surface area contributed by atoms with E-state index in [-0.39, 0.29) is 17.7 Å². The zero-order valence-corrected chi connectivity index (χ0v) is 15.7. The predicted molar refractivity (Wildman–Crippen MR) is 103 cm³/mol. The second-order valence-electron chi connectivity index (χ2n) is 6.70. The summed E-state index contributed by atoms with van der Waals surface area (Å²) < 4.78 is 24.6. The highest BCUT2D eigenvalue weighted by Crippen LogP contribution is 2.47. The topological polar surface area (TPSA) is 35.5 Å². The monoisotopic (exact) mass is 366 g/mol. The number of carbonyl (C=O) groups is 1. The molecule has 0 N–H and O–H groups in total. The summed E-state index contributed by atoms with van der Waals surface area (Å²) in [4.78, 5) is 12.6. The van der Waals surface area contributed by atoms with Crippen molar-refractivity contribution in [3.05, 3.63) is 88.9 Å². The average Bonchev–Trinajstić information content (AvgIpc) is 2.93. The summed E-state index contributed by atoms with van der Waals surface area (Å²) in [5.41, 5.74) is 1.61. The molecule has 0 unspecified atom stereocenters. The van der Waals surface area contributed by atoms with E-state index in [1.165, 1.54) is 12.1 Å². The largest absolute Gasteiger partial charge is 0.487 e. The van der Waals surface area contributed by atoms with Gasteiger partial charge >= 0.3 is 5.97 Å². The van der Waals surface area contributed by atoms with E-state index in [4.69, 9.17) is 9.47 Å². The van der Waals surface area contributed by atoms with Crippen LogP contribution in [0.15, 0.2) is 72.0 Å². The molecule has 1 aliphatic rings. The zero-order chi connectivity index (χ0) is 19.4. The van der Waals surface area contributed by atoms with Gasteiger partial charge in [0.05, 0.1) is 18.1 Å². The van der Waals surface area contributed by atoms with Crippen molar-refractivity contribution in [3.8, 4) is 0 Å². The van der Waals surface area contributed by atoms with Crippen LogP contribution in [0.3, 0.4) is 0 Å². The van der Waals surface area contributed by atoms with Crippen LogP contribution in [0.5, 0.6) is 0 Å². The van der Waals surface area contributed by atoms with E-state index in [0.29, 0.717) is 17.9 Å². The van der Waals surface area contributed by atoms with E-state index in [2.05, 4.69) is 0 Å². The van der Waals surface area contributed by atoms with Gasteiger partial charge in [0.2, 0.25) is 0 Å². The van der Waals surface area contributed by atoms with Gasteiger partial charge in [-0.15, -0.1) is 0 Å². The molecule has 1 heterocycles. The number of halogens is 1. The number of benzene rings is 2. The summed E-state index contributed by atoms with van der Waals surface area (Å²) in [6, 6.07) is 16.0. The molecule has 2 atom stereocenters. The van der Waals surface area contributed by atoms with E-state index >= 15 is 0 Å². The van der Waals surface area contributed by atoms with Crippen LogP contribution in [0.25, 0.3) is 6.08 Å². The summed E-state index contributed by atoms with van der Waals surface area (Å²) in [6.45, 7) is 5.83. The van der Waals surface area contributed by atoms with Crippen molar-refractivity contribution in [2.75, 3.05) is 6.61 Å². The molecule has 0 bridgehead atoms. The number of esters is 1. The van der Waals surface area contributed by atoms with E-state index in [9.17, 15) is 9.18 Å². The Morgan fingerprint density at radius 1 is 1.19 bits per heavy atom. The third-order valence-electron chi connectivity index (χ3n) is 4.72. The lowest BCUT2D eigenvalue weighted by Crippen LogP contribution is -2.31. The van der Waals surface area contributed by atoms with Crippen molar-refractivity contribution in [1.82, 2.24) is 0 Å². The van der Waals surface area contributed by atoms with Crippen LogP contribution < -0.4 is 0 Å². The number of allylic oxidation sites excluding steroid dienone is 1. The van der Waals surface area contributed by atoms with Crippen LogP contribution in [0, 0.1) is 5.82 Å². The summed E-state index contributed by atoms with van der Waals surface area (Å²) in [7, 11) is 0. The first-order valence-corrected chi connectivity index (χ1v) is 9.01. The Balaban J connectivity index is 2.01. The van der Waals surface area contributed by atoms with E-state index in [1.807, 2.05) is 49.4 Å². The van der Waals surface area contributed by atoms with Gasteiger partial charge in [0, 0.05) is 0 Å². The van der Waals surface area contributed by atoms with Gasteiger partial charge in [-0.1, -0.05) is 48.5 Å². The van der Waals surface area contributed by atoms with Crippen molar-refractivity contribution in [2.24, 2.45) is 0 Å². The van der Waals surface area contributed by atoms with E-state index in [1.54, 1.807) is 26.0 Å². The smallest absolute Gasteiger partial charge is 0.338 e. The van der Waals surface area contributed by atoms with Crippen LogP contribution >= 0.6 is 0 Å². The molecule has 0 spiro atoms. The van der Waals surface area contributed by atoms with Gasteiger partial charge in [0.1, 0.15) is 17.2 Å². The summed E-state index contributed by atoms with van der Waals surface area (Å²) in [5, 5.41) is 0. The summed E-state index contributed by atoms with van der Waals surface area (Å²) in [6.07, 6.45) is 3.81. The first-order chi connectivity index (χ1) is 12.9. The van der Waals surface area contributed by atoms with E-state index in [0.717, 1.165) is 11.1 Å². The van der Waals surface area contributed by atoms with Crippen molar-refractivity contribution in [2.45, 2.75) is 32.3 Å². The molecule has 140 valence electrons. The minimum Gasteiger partial charge on any atom is -0.487 e. The highest BCUT2D eigenvalue weighted by molar-refractivity contribution is 5.92. The van der Waals surface area contributed by atoms with Crippen LogP contribution in [0.4, 0.5) is 4.39 Å². The number of hydrogen-bond donors (Lipinski definition) is 0. The predicted octanol–water partition coefficient (Wildman–Crippen LogP) is 5.25. The van der Waals surface area contributed by atoms with Crippen LogP contribution in [-0.4, -0.2) is 18.2 Å². The summed E-state index contributed by atoms with van der Waals surface area (Å²) >= 11 is 0. The second-order valence-corrected chi connectivity index (χ2v) is 6.70. The number of ether oxygens (including phenoxy) is 2. The van der Waals surface area contributed by atoms with Crippen LogP contribution in [-0.2, 0) is 14.3 Å². The first kappa shape index (κ1) is 18.9. The van der Waals surface area contributed by atoms with Crippen LogP contribution in [0.1, 0.15) is 37.8 Å². The molecule has 0 radical (unpaired) electrons. The molecule has 4 heteroatoms. The second kappa shape index (κ2) is 7.78. The number of hydrogen-bond acceptors (Lipinski definition) is 3. The molecule has 0 saturated heterocycles.